The summed E-state index contributed by atoms with van der Waals surface area (Å²) in [5.74, 6) is 0.749. The van der Waals surface area contributed by atoms with E-state index in [4.69, 9.17) is 9.47 Å². The van der Waals surface area contributed by atoms with Crippen molar-refractivity contribution in [3.05, 3.63) is 23.9 Å². The minimum atomic E-state index is -0.414. The van der Waals surface area contributed by atoms with Crippen LogP contribution >= 0.6 is 0 Å². The van der Waals surface area contributed by atoms with Crippen LogP contribution in [0.15, 0.2) is 18.3 Å². The average molecular weight is 305 g/mol. The molecule has 22 heavy (non-hydrogen) atoms. The lowest BCUT2D eigenvalue weighted by Gasteiger charge is -2.42. The molecule has 2 aliphatic heterocycles. The molecule has 1 aromatic rings. The third-order valence-electron chi connectivity index (χ3n) is 4.81. The zero-order chi connectivity index (χ0) is 15.6. The summed E-state index contributed by atoms with van der Waals surface area (Å²) < 4.78 is 11.1. The van der Waals surface area contributed by atoms with Gasteiger partial charge in [0.2, 0.25) is 11.8 Å². The van der Waals surface area contributed by atoms with E-state index in [-0.39, 0.29) is 12.0 Å². The Bertz CT molecular complexity index is 551. The minimum Gasteiger partial charge on any atom is -0.481 e. The quantitative estimate of drug-likeness (QED) is 0.892. The number of methoxy groups -OCH3 is 1. The molecule has 120 valence electrons. The van der Waals surface area contributed by atoms with Crippen LogP contribution in [-0.4, -0.2) is 55.7 Å². The summed E-state index contributed by atoms with van der Waals surface area (Å²) in [7, 11) is 3.34. The van der Waals surface area contributed by atoms with Crippen molar-refractivity contribution in [1.29, 1.82) is 0 Å². The van der Waals surface area contributed by atoms with Crippen LogP contribution in [0, 0.1) is 5.41 Å². The summed E-state index contributed by atoms with van der Waals surface area (Å²) in [6, 6.07) is 3.94. The van der Waals surface area contributed by atoms with Crippen molar-refractivity contribution in [3.8, 4) is 5.88 Å². The van der Waals surface area contributed by atoms with Crippen LogP contribution in [0.25, 0.3) is 0 Å². The van der Waals surface area contributed by atoms with Crippen molar-refractivity contribution in [1.82, 2.24) is 15.2 Å². The van der Waals surface area contributed by atoms with Gasteiger partial charge in [0, 0.05) is 45.0 Å². The number of hydrogen-bond acceptors (Lipinski definition) is 5. The second-order valence-corrected chi connectivity index (χ2v) is 6.02. The Labute approximate surface area is 130 Å². The van der Waals surface area contributed by atoms with Gasteiger partial charge >= 0.3 is 0 Å². The standard InChI is InChI=1S/C16H23N3O3/c1-17-15(20)16-6-9-22-13(16)5-8-19(11-16)10-12-4-3-7-18-14(12)21-2/h3-4,7,13H,5-6,8-11H2,1-2H3,(H,17,20)/t13-,16-/m0/s1. The Balaban J connectivity index is 1.78. The van der Waals surface area contributed by atoms with Gasteiger partial charge in [-0.25, -0.2) is 4.98 Å². The van der Waals surface area contributed by atoms with Gasteiger partial charge in [0.1, 0.15) is 0 Å². The van der Waals surface area contributed by atoms with Gasteiger partial charge in [-0.15, -0.1) is 0 Å². The van der Waals surface area contributed by atoms with Crippen LogP contribution in [0.4, 0.5) is 0 Å². The van der Waals surface area contributed by atoms with Gasteiger partial charge in [-0.2, -0.15) is 0 Å². The molecule has 1 N–H and O–H groups in total. The molecule has 2 atom stereocenters. The Morgan fingerprint density at radius 2 is 2.50 bits per heavy atom. The molecule has 0 aliphatic carbocycles. The van der Waals surface area contributed by atoms with E-state index in [0.717, 1.165) is 38.0 Å². The highest BCUT2D eigenvalue weighted by Crippen LogP contribution is 2.41. The van der Waals surface area contributed by atoms with Gasteiger partial charge in [0.25, 0.3) is 0 Å². The number of pyridine rings is 1. The monoisotopic (exact) mass is 305 g/mol. The highest BCUT2D eigenvalue weighted by Gasteiger charge is 2.52. The second kappa shape index (κ2) is 6.22. The molecule has 0 spiro atoms. The van der Waals surface area contributed by atoms with E-state index in [1.165, 1.54) is 0 Å². The van der Waals surface area contributed by atoms with Gasteiger partial charge in [-0.3, -0.25) is 9.69 Å². The largest absolute Gasteiger partial charge is 0.481 e. The van der Waals surface area contributed by atoms with Crippen molar-refractivity contribution in [2.45, 2.75) is 25.5 Å². The molecule has 0 unspecified atom stereocenters. The number of hydrogen-bond donors (Lipinski definition) is 1. The summed E-state index contributed by atoms with van der Waals surface area (Å²) in [6.07, 6.45) is 3.44. The molecule has 1 aromatic heterocycles. The zero-order valence-corrected chi connectivity index (χ0v) is 13.2. The molecule has 0 radical (unpaired) electrons. The normalized spacial score (nSPS) is 28.2. The number of likely N-dealkylation sites (tertiary alicyclic amines) is 1. The van der Waals surface area contributed by atoms with Crippen LogP contribution in [0.1, 0.15) is 18.4 Å². The SMILES string of the molecule is CNC(=O)[C@]12CCO[C@H]1CCN(Cc1cccnc1OC)C2. The lowest BCUT2D eigenvalue weighted by Crippen LogP contribution is -2.56. The van der Waals surface area contributed by atoms with E-state index >= 15 is 0 Å². The van der Waals surface area contributed by atoms with Crippen LogP contribution in [-0.2, 0) is 16.1 Å². The highest BCUT2D eigenvalue weighted by molar-refractivity contribution is 5.83. The van der Waals surface area contributed by atoms with Crippen molar-refractivity contribution < 1.29 is 14.3 Å². The lowest BCUT2D eigenvalue weighted by molar-refractivity contribution is -0.139. The Kier molecular flexibility index (Phi) is 4.31. The van der Waals surface area contributed by atoms with E-state index in [0.29, 0.717) is 12.5 Å². The number of carbonyl (C=O) groups excluding carboxylic acids is 1. The summed E-state index contributed by atoms with van der Waals surface area (Å²) in [4.78, 5) is 19.0. The first kappa shape index (κ1) is 15.2. The maximum absolute atomic E-state index is 12.4. The lowest BCUT2D eigenvalue weighted by atomic mass is 9.75. The molecule has 0 saturated carbocycles. The number of amides is 1. The van der Waals surface area contributed by atoms with Crippen molar-refractivity contribution >= 4 is 5.91 Å². The fourth-order valence-electron chi connectivity index (χ4n) is 3.71. The summed E-state index contributed by atoms with van der Waals surface area (Å²) in [6.45, 7) is 3.04. The molecule has 3 heterocycles. The Hall–Kier alpha value is -1.66. The predicted octanol–water partition coefficient (Wildman–Crippen LogP) is 0.817. The van der Waals surface area contributed by atoms with Crippen LogP contribution in [0.3, 0.4) is 0 Å². The zero-order valence-electron chi connectivity index (χ0n) is 13.2. The number of ether oxygens (including phenoxy) is 2. The van der Waals surface area contributed by atoms with Gasteiger partial charge in [0.15, 0.2) is 0 Å². The fourth-order valence-corrected chi connectivity index (χ4v) is 3.71. The Morgan fingerprint density at radius 3 is 3.27 bits per heavy atom. The van der Waals surface area contributed by atoms with E-state index < -0.39 is 5.41 Å². The third-order valence-corrected chi connectivity index (χ3v) is 4.81. The van der Waals surface area contributed by atoms with E-state index in [1.807, 2.05) is 12.1 Å². The second-order valence-electron chi connectivity index (χ2n) is 6.02. The van der Waals surface area contributed by atoms with E-state index in [9.17, 15) is 4.79 Å². The number of rotatable bonds is 4. The summed E-state index contributed by atoms with van der Waals surface area (Å²) >= 11 is 0. The number of piperidine rings is 1. The molecule has 2 fully saturated rings. The highest BCUT2D eigenvalue weighted by atomic mass is 16.5. The first-order chi connectivity index (χ1) is 10.7. The fraction of sp³-hybridized carbons (Fsp3) is 0.625. The molecule has 6 nitrogen and oxygen atoms in total. The van der Waals surface area contributed by atoms with Gasteiger partial charge in [-0.1, -0.05) is 6.07 Å². The van der Waals surface area contributed by atoms with Crippen LogP contribution in [0.5, 0.6) is 5.88 Å². The number of carbonyl (C=O) groups is 1. The average Bonchev–Trinajstić information content (AvgIpc) is 2.99. The number of nitrogens with one attached hydrogen (secondary N) is 1. The molecular weight excluding hydrogens is 282 g/mol. The first-order valence-electron chi connectivity index (χ1n) is 7.73. The van der Waals surface area contributed by atoms with Crippen molar-refractivity contribution in [2.24, 2.45) is 5.41 Å². The summed E-state index contributed by atoms with van der Waals surface area (Å²) in [5, 5.41) is 2.82. The van der Waals surface area contributed by atoms with Crippen LogP contribution < -0.4 is 10.1 Å². The maximum Gasteiger partial charge on any atom is 0.229 e. The molecule has 0 aromatic carbocycles. The maximum atomic E-state index is 12.4. The smallest absolute Gasteiger partial charge is 0.229 e. The summed E-state index contributed by atoms with van der Waals surface area (Å²) in [5.41, 5.74) is 0.636. The van der Waals surface area contributed by atoms with Gasteiger partial charge in [-0.05, 0) is 18.9 Å². The van der Waals surface area contributed by atoms with Crippen LogP contribution in [0.2, 0.25) is 0 Å². The first-order valence-corrected chi connectivity index (χ1v) is 7.73. The molecule has 2 saturated heterocycles. The predicted molar refractivity (Wildman–Crippen MR) is 81.5 cm³/mol. The molecule has 2 aliphatic rings. The number of fused-ring (bicyclic) bond motifs is 1. The molecule has 1 amide bonds. The molecular formula is C16H23N3O3. The van der Waals surface area contributed by atoms with Gasteiger partial charge in [0.05, 0.1) is 18.6 Å². The number of aromatic nitrogens is 1. The van der Waals surface area contributed by atoms with E-state index in [1.54, 1.807) is 20.4 Å². The molecule has 6 heteroatoms. The third kappa shape index (κ3) is 2.57. The number of nitrogens with zero attached hydrogens (tertiary/aromatic N) is 2. The topological polar surface area (TPSA) is 63.7 Å². The van der Waals surface area contributed by atoms with Gasteiger partial charge < -0.3 is 14.8 Å². The Morgan fingerprint density at radius 1 is 1.64 bits per heavy atom. The van der Waals surface area contributed by atoms with Crippen molar-refractivity contribution in [2.75, 3.05) is 33.9 Å². The molecule has 0 bridgehead atoms. The van der Waals surface area contributed by atoms with E-state index in [2.05, 4.69) is 15.2 Å². The molecule has 3 rings (SSSR count). The minimum absolute atomic E-state index is 0.0412. The van der Waals surface area contributed by atoms with Crippen molar-refractivity contribution in [3.63, 3.8) is 0 Å².